The quantitative estimate of drug-likeness (QED) is 0.498. The predicted octanol–water partition coefficient (Wildman–Crippen LogP) is 0.156. The lowest BCUT2D eigenvalue weighted by atomic mass is 10.2. The van der Waals surface area contributed by atoms with Gasteiger partial charge in [-0.2, -0.15) is 4.98 Å². The van der Waals surface area contributed by atoms with Gasteiger partial charge >= 0.3 is 5.69 Å². The Morgan fingerprint density at radius 1 is 1.19 bits per heavy atom. The summed E-state index contributed by atoms with van der Waals surface area (Å²) in [6.45, 7) is 3.40. The molecule has 10 heteroatoms. The van der Waals surface area contributed by atoms with Gasteiger partial charge in [0.25, 0.3) is 5.56 Å². The first-order valence-electron chi connectivity index (χ1n) is 10.1. The number of likely N-dealkylation sites (N-methyl/N-ethyl adjacent to an activating group) is 1. The molecule has 31 heavy (non-hydrogen) atoms. The van der Waals surface area contributed by atoms with Crippen LogP contribution >= 0.6 is 0 Å². The van der Waals surface area contributed by atoms with Crippen molar-refractivity contribution < 1.29 is 9.84 Å². The number of benzene rings is 1. The van der Waals surface area contributed by atoms with E-state index in [0.717, 1.165) is 16.7 Å². The number of aryl methyl sites for hydroxylation is 2. The van der Waals surface area contributed by atoms with E-state index >= 15 is 0 Å². The van der Waals surface area contributed by atoms with Crippen LogP contribution < -0.4 is 21.3 Å². The predicted molar refractivity (Wildman–Crippen MR) is 120 cm³/mol. The number of hydrogen-bond acceptors (Lipinski definition) is 7. The van der Waals surface area contributed by atoms with Gasteiger partial charge in [0.1, 0.15) is 18.5 Å². The van der Waals surface area contributed by atoms with Gasteiger partial charge in [-0.3, -0.25) is 13.9 Å². The summed E-state index contributed by atoms with van der Waals surface area (Å²) in [4.78, 5) is 31.7. The van der Waals surface area contributed by atoms with Crippen LogP contribution in [0.2, 0.25) is 0 Å². The Morgan fingerprint density at radius 3 is 2.58 bits per heavy atom. The molecular formula is C21H30N6O4. The lowest BCUT2D eigenvalue weighted by molar-refractivity contribution is 0.0935. The van der Waals surface area contributed by atoms with Crippen LogP contribution in [0, 0.1) is 6.92 Å². The summed E-state index contributed by atoms with van der Waals surface area (Å²) in [7, 11) is 6.91. The van der Waals surface area contributed by atoms with Gasteiger partial charge in [-0.25, -0.2) is 4.79 Å². The van der Waals surface area contributed by atoms with Gasteiger partial charge < -0.3 is 24.6 Å². The fraction of sp³-hybridized carbons (Fsp3) is 0.476. The van der Waals surface area contributed by atoms with Crippen molar-refractivity contribution in [3.05, 3.63) is 50.7 Å². The second-order valence-corrected chi connectivity index (χ2v) is 7.88. The monoisotopic (exact) mass is 430 g/mol. The highest BCUT2D eigenvalue weighted by Gasteiger charge is 2.21. The highest BCUT2D eigenvalue weighted by molar-refractivity contribution is 5.74. The largest absolute Gasteiger partial charge is 0.491 e. The Hall–Kier alpha value is -3.11. The minimum atomic E-state index is -0.895. The molecule has 0 unspecified atom stereocenters. The van der Waals surface area contributed by atoms with E-state index in [-0.39, 0.29) is 24.3 Å². The SMILES string of the molecule is Cc1ccccc1OC[C@@H](O)Cn1c(NCCN(C)C)nc2c1c(=O)n(C)c(=O)n2C. The number of hydrogen-bond donors (Lipinski definition) is 2. The topological polar surface area (TPSA) is 107 Å². The van der Waals surface area contributed by atoms with Crippen molar-refractivity contribution in [2.75, 3.05) is 39.1 Å². The Kier molecular flexibility index (Phi) is 6.81. The zero-order valence-corrected chi connectivity index (χ0v) is 18.6. The van der Waals surface area contributed by atoms with E-state index in [2.05, 4.69) is 10.3 Å². The fourth-order valence-corrected chi connectivity index (χ4v) is 3.32. The first-order chi connectivity index (χ1) is 14.7. The smallest absolute Gasteiger partial charge is 0.332 e. The summed E-state index contributed by atoms with van der Waals surface area (Å²) in [5, 5.41) is 13.9. The molecule has 3 aromatic rings. The normalized spacial score (nSPS) is 12.5. The maximum atomic E-state index is 12.9. The number of anilines is 1. The average molecular weight is 431 g/mol. The third kappa shape index (κ3) is 4.80. The third-order valence-electron chi connectivity index (χ3n) is 5.11. The maximum Gasteiger partial charge on any atom is 0.332 e. The molecule has 2 N–H and O–H groups in total. The summed E-state index contributed by atoms with van der Waals surface area (Å²) < 4.78 is 9.76. The number of para-hydroxylation sites is 1. The number of fused-ring (bicyclic) bond motifs is 1. The molecule has 10 nitrogen and oxygen atoms in total. The minimum Gasteiger partial charge on any atom is -0.491 e. The van der Waals surface area contributed by atoms with Crippen LogP contribution in [0.25, 0.3) is 11.2 Å². The fourth-order valence-electron chi connectivity index (χ4n) is 3.32. The van der Waals surface area contributed by atoms with Gasteiger partial charge in [-0.15, -0.1) is 0 Å². The maximum absolute atomic E-state index is 12.9. The molecule has 0 radical (unpaired) electrons. The van der Waals surface area contributed by atoms with Gasteiger partial charge in [0.15, 0.2) is 11.2 Å². The van der Waals surface area contributed by atoms with Gasteiger partial charge in [-0.05, 0) is 32.6 Å². The van der Waals surface area contributed by atoms with Crippen LogP contribution in [-0.4, -0.2) is 68.6 Å². The first kappa shape index (κ1) is 22.6. The second-order valence-electron chi connectivity index (χ2n) is 7.88. The van der Waals surface area contributed by atoms with Gasteiger partial charge in [0.2, 0.25) is 5.95 Å². The molecule has 0 fully saturated rings. The number of nitrogens with one attached hydrogen (secondary N) is 1. The number of aromatic nitrogens is 4. The van der Waals surface area contributed by atoms with Crippen molar-refractivity contribution in [1.82, 2.24) is 23.6 Å². The molecule has 0 amide bonds. The molecule has 0 aliphatic heterocycles. The van der Waals surface area contributed by atoms with Crippen molar-refractivity contribution in [2.45, 2.75) is 19.6 Å². The third-order valence-corrected chi connectivity index (χ3v) is 5.11. The Morgan fingerprint density at radius 2 is 1.90 bits per heavy atom. The Bertz CT molecular complexity index is 1180. The van der Waals surface area contributed by atoms with E-state index in [1.54, 1.807) is 11.6 Å². The minimum absolute atomic E-state index is 0.0493. The molecule has 1 atom stereocenters. The number of ether oxygens (including phenoxy) is 1. The molecule has 168 valence electrons. The lowest BCUT2D eigenvalue weighted by Gasteiger charge is -2.17. The molecule has 2 aromatic heterocycles. The van der Waals surface area contributed by atoms with E-state index in [1.807, 2.05) is 50.2 Å². The van der Waals surface area contributed by atoms with Crippen molar-refractivity contribution in [3.8, 4) is 5.75 Å². The van der Waals surface area contributed by atoms with Crippen molar-refractivity contribution in [1.29, 1.82) is 0 Å². The van der Waals surface area contributed by atoms with E-state index in [1.165, 1.54) is 11.6 Å². The summed E-state index contributed by atoms with van der Waals surface area (Å²) in [5.41, 5.74) is 0.584. The average Bonchev–Trinajstić information content (AvgIpc) is 3.08. The van der Waals surface area contributed by atoms with Crippen LogP contribution in [0.1, 0.15) is 5.56 Å². The van der Waals surface area contributed by atoms with Crippen LogP contribution in [0.3, 0.4) is 0 Å². The van der Waals surface area contributed by atoms with Crippen molar-refractivity contribution >= 4 is 17.1 Å². The molecule has 2 heterocycles. The lowest BCUT2D eigenvalue weighted by Crippen LogP contribution is -2.38. The molecule has 0 bridgehead atoms. The zero-order valence-electron chi connectivity index (χ0n) is 18.6. The van der Waals surface area contributed by atoms with Crippen LogP contribution in [0.5, 0.6) is 5.75 Å². The standard InChI is InChI=1S/C21H30N6O4/c1-14-8-6-7-9-16(14)31-13-15(28)12-27-17-18(23-20(27)22-10-11-24(2)3)25(4)21(30)26(5)19(17)29/h6-9,15,28H,10-13H2,1-5H3,(H,22,23)/t15-/m0/s1. The van der Waals surface area contributed by atoms with Gasteiger partial charge in [0.05, 0.1) is 6.54 Å². The number of rotatable bonds is 9. The van der Waals surface area contributed by atoms with Crippen molar-refractivity contribution in [3.63, 3.8) is 0 Å². The molecular weight excluding hydrogens is 400 g/mol. The van der Waals surface area contributed by atoms with E-state index in [4.69, 9.17) is 4.74 Å². The van der Waals surface area contributed by atoms with E-state index in [9.17, 15) is 14.7 Å². The summed E-state index contributed by atoms with van der Waals surface area (Å²) >= 11 is 0. The molecule has 0 saturated carbocycles. The first-order valence-corrected chi connectivity index (χ1v) is 10.1. The van der Waals surface area contributed by atoms with Gasteiger partial charge in [0, 0.05) is 27.2 Å². The van der Waals surface area contributed by atoms with Crippen LogP contribution in [-0.2, 0) is 20.6 Å². The van der Waals surface area contributed by atoms with Crippen LogP contribution in [0.15, 0.2) is 33.9 Å². The van der Waals surface area contributed by atoms with Crippen molar-refractivity contribution in [2.24, 2.45) is 14.1 Å². The number of aliphatic hydroxyl groups excluding tert-OH is 1. The number of nitrogens with zero attached hydrogens (tertiary/aromatic N) is 5. The Labute approximate surface area is 180 Å². The summed E-state index contributed by atoms with van der Waals surface area (Å²) in [6, 6.07) is 7.56. The molecule has 3 rings (SSSR count). The van der Waals surface area contributed by atoms with Gasteiger partial charge in [-0.1, -0.05) is 18.2 Å². The highest BCUT2D eigenvalue weighted by Crippen LogP contribution is 2.18. The number of imidazole rings is 1. The van der Waals surface area contributed by atoms with E-state index < -0.39 is 17.4 Å². The van der Waals surface area contributed by atoms with E-state index in [0.29, 0.717) is 18.2 Å². The molecule has 0 aliphatic carbocycles. The van der Waals surface area contributed by atoms with Crippen LogP contribution in [0.4, 0.5) is 5.95 Å². The highest BCUT2D eigenvalue weighted by atomic mass is 16.5. The zero-order chi connectivity index (χ0) is 22.7. The summed E-state index contributed by atoms with van der Waals surface area (Å²) in [5.74, 6) is 1.12. The second kappa shape index (κ2) is 9.36. The Balaban J connectivity index is 1.93. The molecule has 0 saturated heterocycles. The number of aliphatic hydroxyl groups is 1. The summed E-state index contributed by atoms with van der Waals surface area (Å²) in [6.07, 6.45) is -0.895. The molecule has 1 aromatic carbocycles. The molecule has 0 aliphatic rings. The molecule has 0 spiro atoms.